The summed E-state index contributed by atoms with van der Waals surface area (Å²) in [5.41, 5.74) is 1.88. The summed E-state index contributed by atoms with van der Waals surface area (Å²) >= 11 is 0. The van der Waals surface area contributed by atoms with Gasteiger partial charge in [0.1, 0.15) is 18.2 Å². The van der Waals surface area contributed by atoms with Crippen LogP contribution in [0.15, 0.2) is 54.9 Å². The highest BCUT2D eigenvalue weighted by molar-refractivity contribution is 5.74. The van der Waals surface area contributed by atoms with Crippen LogP contribution in [0.4, 0.5) is 4.39 Å². The molecule has 24 heavy (non-hydrogen) atoms. The minimum absolute atomic E-state index is 0.208. The third kappa shape index (κ3) is 4.31. The quantitative estimate of drug-likeness (QED) is 0.645. The Bertz CT molecular complexity index is 773. The molecule has 5 nitrogen and oxygen atoms in total. The maximum atomic E-state index is 12.8. The molecule has 1 aromatic heterocycles. The summed E-state index contributed by atoms with van der Waals surface area (Å²) in [6, 6.07) is 13.6. The zero-order valence-corrected chi connectivity index (χ0v) is 13.1. The molecule has 0 spiro atoms. The van der Waals surface area contributed by atoms with Crippen LogP contribution in [0.3, 0.4) is 0 Å². The molecule has 0 fully saturated rings. The van der Waals surface area contributed by atoms with Crippen LogP contribution in [-0.2, 0) is 11.3 Å². The molecule has 0 aliphatic heterocycles. The van der Waals surface area contributed by atoms with Gasteiger partial charge in [0.25, 0.3) is 0 Å². The van der Waals surface area contributed by atoms with Gasteiger partial charge in [-0.05, 0) is 36.4 Å². The topological polar surface area (TPSA) is 56.5 Å². The number of ether oxygens (including phenoxy) is 2. The van der Waals surface area contributed by atoms with Crippen molar-refractivity contribution in [3.05, 3.63) is 60.7 Å². The summed E-state index contributed by atoms with van der Waals surface area (Å²) in [6.45, 7) is 1.31. The monoisotopic (exact) mass is 330 g/mol. The van der Waals surface area contributed by atoms with Crippen LogP contribution in [-0.4, -0.2) is 40.6 Å². The Morgan fingerprint density at radius 2 is 1.88 bits per heavy atom. The fourth-order valence-electron chi connectivity index (χ4n) is 2.40. The summed E-state index contributed by atoms with van der Waals surface area (Å²) in [4.78, 5) is 4.29. The average molecular weight is 330 g/mol. The summed E-state index contributed by atoms with van der Waals surface area (Å²) in [6.07, 6.45) is 1.08. The lowest BCUT2D eigenvalue weighted by atomic mass is 10.3. The summed E-state index contributed by atoms with van der Waals surface area (Å²) in [7, 11) is 0. The predicted octanol–water partition coefficient (Wildman–Crippen LogP) is 2.63. The Kier molecular flexibility index (Phi) is 5.40. The van der Waals surface area contributed by atoms with E-state index < -0.39 is 6.10 Å². The highest BCUT2D eigenvalue weighted by Gasteiger charge is 2.08. The largest absolute Gasteiger partial charge is 0.491 e. The molecule has 0 saturated heterocycles. The smallest absolute Gasteiger partial charge is 0.123 e. The van der Waals surface area contributed by atoms with Crippen molar-refractivity contribution in [1.82, 2.24) is 9.55 Å². The molecule has 0 aliphatic carbocycles. The first-order chi connectivity index (χ1) is 11.7. The first-order valence-corrected chi connectivity index (χ1v) is 7.76. The normalized spacial score (nSPS) is 12.4. The van der Waals surface area contributed by atoms with Gasteiger partial charge in [0, 0.05) is 0 Å². The second-order valence-corrected chi connectivity index (χ2v) is 5.42. The van der Waals surface area contributed by atoms with E-state index in [1.807, 2.05) is 28.8 Å². The van der Waals surface area contributed by atoms with Crippen molar-refractivity contribution in [1.29, 1.82) is 0 Å². The van der Waals surface area contributed by atoms with Crippen molar-refractivity contribution in [3.63, 3.8) is 0 Å². The van der Waals surface area contributed by atoms with Gasteiger partial charge >= 0.3 is 0 Å². The molecule has 0 saturated carbocycles. The lowest BCUT2D eigenvalue weighted by molar-refractivity contribution is 0.0178. The van der Waals surface area contributed by atoms with Crippen molar-refractivity contribution >= 4 is 11.0 Å². The molecular weight excluding hydrogens is 311 g/mol. The summed E-state index contributed by atoms with van der Waals surface area (Å²) in [5.74, 6) is 0.291. The number of halogens is 1. The number of nitrogens with zero attached hydrogens (tertiary/aromatic N) is 2. The molecular formula is C18H19FN2O3. The fourth-order valence-corrected chi connectivity index (χ4v) is 2.40. The van der Waals surface area contributed by atoms with Gasteiger partial charge in [-0.1, -0.05) is 12.1 Å². The van der Waals surface area contributed by atoms with E-state index in [0.717, 1.165) is 11.0 Å². The number of aliphatic hydroxyl groups is 1. The first-order valence-electron chi connectivity index (χ1n) is 7.76. The average Bonchev–Trinajstić information content (AvgIpc) is 2.99. The lowest BCUT2D eigenvalue weighted by Crippen LogP contribution is -2.23. The van der Waals surface area contributed by atoms with Gasteiger partial charge in [0.15, 0.2) is 0 Å². The lowest BCUT2D eigenvalue weighted by Gasteiger charge is -2.13. The molecule has 0 aliphatic rings. The molecule has 3 rings (SSSR count). The van der Waals surface area contributed by atoms with Crippen molar-refractivity contribution in [3.8, 4) is 5.75 Å². The maximum absolute atomic E-state index is 12.8. The van der Waals surface area contributed by atoms with E-state index in [1.165, 1.54) is 12.1 Å². The number of aromatic nitrogens is 2. The third-order valence-corrected chi connectivity index (χ3v) is 3.56. The Morgan fingerprint density at radius 3 is 2.71 bits per heavy atom. The second kappa shape index (κ2) is 7.90. The van der Waals surface area contributed by atoms with Crippen LogP contribution < -0.4 is 4.74 Å². The predicted molar refractivity (Wildman–Crippen MR) is 88.5 cm³/mol. The maximum Gasteiger partial charge on any atom is 0.123 e. The van der Waals surface area contributed by atoms with Gasteiger partial charge in [0.05, 0.1) is 43.2 Å². The minimum atomic E-state index is -0.631. The number of rotatable bonds is 8. The molecule has 1 N–H and O–H groups in total. The molecule has 126 valence electrons. The van der Waals surface area contributed by atoms with Gasteiger partial charge < -0.3 is 19.1 Å². The fraction of sp³-hybridized carbons (Fsp3) is 0.278. The van der Waals surface area contributed by atoms with Gasteiger partial charge in [-0.25, -0.2) is 9.37 Å². The van der Waals surface area contributed by atoms with Crippen LogP contribution in [0.5, 0.6) is 5.75 Å². The van der Waals surface area contributed by atoms with Crippen LogP contribution in [0, 0.1) is 5.82 Å². The Hall–Kier alpha value is -2.44. The molecule has 1 atom stereocenters. The molecule has 0 amide bonds. The van der Waals surface area contributed by atoms with E-state index in [9.17, 15) is 9.50 Å². The van der Waals surface area contributed by atoms with Gasteiger partial charge in [-0.3, -0.25) is 0 Å². The molecule has 2 aromatic carbocycles. The number of hydrogen-bond donors (Lipinski definition) is 1. The van der Waals surface area contributed by atoms with Crippen molar-refractivity contribution < 1.29 is 19.0 Å². The van der Waals surface area contributed by atoms with Gasteiger partial charge in [-0.15, -0.1) is 0 Å². The van der Waals surface area contributed by atoms with Crippen molar-refractivity contribution in [2.45, 2.75) is 12.6 Å². The zero-order chi connectivity index (χ0) is 16.8. The van der Waals surface area contributed by atoms with E-state index in [1.54, 1.807) is 18.5 Å². The Labute approximate surface area is 139 Å². The molecule has 0 unspecified atom stereocenters. The van der Waals surface area contributed by atoms with Crippen LogP contribution in [0.25, 0.3) is 11.0 Å². The van der Waals surface area contributed by atoms with E-state index in [0.29, 0.717) is 25.5 Å². The van der Waals surface area contributed by atoms with Gasteiger partial charge in [-0.2, -0.15) is 0 Å². The van der Waals surface area contributed by atoms with Crippen molar-refractivity contribution in [2.75, 3.05) is 19.8 Å². The van der Waals surface area contributed by atoms with Crippen LogP contribution in [0.1, 0.15) is 0 Å². The van der Waals surface area contributed by atoms with E-state index >= 15 is 0 Å². The second-order valence-electron chi connectivity index (χ2n) is 5.42. The SMILES string of the molecule is O[C@@H](COCCOc1ccc(F)cc1)Cn1cnc2ccccc21. The third-order valence-electron chi connectivity index (χ3n) is 3.56. The number of benzene rings is 2. The van der Waals surface area contributed by atoms with Crippen LogP contribution >= 0.6 is 0 Å². The van der Waals surface area contributed by atoms with E-state index in [-0.39, 0.29) is 12.4 Å². The van der Waals surface area contributed by atoms with Crippen molar-refractivity contribution in [2.24, 2.45) is 0 Å². The number of hydrogen-bond acceptors (Lipinski definition) is 4. The standard InChI is InChI=1S/C18H19FN2O3/c19-14-5-7-16(8-6-14)24-10-9-23-12-15(22)11-21-13-20-17-3-1-2-4-18(17)21/h1-8,13,15,22H,9-12H2/t15-/m1/s1. The summed E-state index contributed by atoms with van der Waals surface area (Å²) < 4.78 is 25.5. The van der Waals surface area contributed by atoms with E-state index in [2.05, 4.69) is 4.98 Å². The minimum Gasteiger partial charge on any atom is -0.491 e. The Balaban J connectivity index is 1.38. The summed E-state index contributed by atoms with van der Waals surface area (Å²) in [5, 5.41) is 10.1. The Morgan fingerprint density at radius 1 is 1.08 bits per heavy atom. The number of para-hydroxylation sites is 2. The zero-order valence-electron chi connectivity index (χ0n) is 13.1. The molecule has 0 bridgehead atoms. The van der Waals surface area contributed by atoms with E-state index in [4.69, 9.17) is 9.47 Å². The number of imidazole rings is 1. The molecule has 0 radical (unpaired) electrons. The highest BCUT2D eigenvalue weighted by atomic mass is 19.1. The number of fused-ring (bicyclic) bond motifs is 1. The van der Waals surface area contributed by atoms with Gasteiger partial charge in [0.2, 0.25) is 0 Å². The molecule has 1 heterocycles. The molecule has 6 heteroatoms. The van der Waals surface area contributed by atoms with Crippen LogP contribution in [0.2, 0.25) is 0 Å². The first kappa shape index (κ1) is 16.4. The highest BCUT2D eigenvalue weighted by Crippen LogP contribution is 2.12. The molecule has 3 aromatic rings. The number of aliphatic hydroxyl groups excluding tert-OH is 1.